The summed E-state index contributed by atoms with van der Waals surface area (Å²) in [6, 6.07) is 41.6. The average Bonchev–Trinajstić information content (AvgIpc) is 3.58. The van der Waals surface area contributed by atoms with Crippen LogP contribution < -0.4 is 28.1 Å². The van der Waals surface area contributed by atoms with E-state index in [0.29, 0.717) is 5.92 Å². The summed E-state index contributed by atoms with van der Waals surface area (Å²) in [4.78, 5) is 0. The van der Waals surface area contributed by atoms with Crippen molar-refractivity contribution in [2.45, 2.75) is 45.2 Å². The second kappa shape index (κ2) is 13.2. The van der Waals surface area contributed by atoms with Crippen LogP contribution in [-0.4, -0.2) is 5.92 Å². The van der Waals surface area contributed by atoms with Gasteiger partial charge in [0.25, 0.3) is 0 Å². The molecule has 0 saturated heterocycles. The maximum Gasteiger partial charge on any atom is -1.00 e. The normalized spacial score (nSPS) is 14.3. The third-order valence-corrected chi connectivity index (χ3v) is 18.0. The van der Waals surface area contributed by atoms with Crippen LogP contribution in [0.1, 0.15) is 53.5 Å². The fourth-order valence-electron chi connectivity index (χ4n) is 7.83. The van der Waals surface area contributed by atoms with E-state index in [0.717, 1.165) is 12.8 Å². The van der Waals surface area contributed by atoms with Gasteiger partial charge >= 0.3 is 269 Å². The number of benzene rings is 6. The van der Waals surface area contributed by atoms with Crippen molar-refractivity contribution in [2.24, 2.45) is 0 Å². The number of hydrogen-bond acceptors (Lipinski definition) is 0. The summed E-state index contributed by atoms with van der Waals surface area (Å²) < 4.78 is 1.76. The van der Waals surface area contributed by atoms with Crippen LogP contribution in [0.4, 0.5) is 0 Å². The van der Waals surface area contributed by atoms with Gasteiger partial charge in [-0.1, -0.05) is 0 Å². The zero-order valence-electron chi connectivity index (χ0n) is 26.0. The molecular formula is C41H36Cl2SiZr. The summed E-state index contributed by atoms with van der Waals surface area (Å²) in [5.74, 6) is -0.293. The van der Waals surface area contributed by atoms with Gasteiger partial charge in [0, 0.05) is 0 Å². The zero-order valence-corrected chi connectivity index (χ0v) is 31.1. The molecular weight excluding hydrogens is 683 g/mol. The van der Waals surface area contributed by atoms with Crippen LogP contribution in [0.15, 0.2) is 115 Å². The van der Waals surface area contributed by atoms with Crippen LogP contribution in [-0.2, 0) is 28.8 Å². The SMILES string of the molecule is CCCC1=Cc2c(-c3c4ccccc4cc4ccccc34)cccc2C1c1[c]([Zr+2][SiH](C)C)ccc2c1Cc1ccccc1-2.[Cl-].[Cl-]. The van der Waals surface area contributed by atoms with Crippen molar-refractivity contribution in [2.75, 3.05) is 0 Å². The van der Waals surface area contributed by atoms with Crippen molar-refractivity contribution < 1.29 is 47.2 Å². The van der Waals surface area contributed by atoms with Crippen LogP contribution in [0.25, 0.3) is 49.9 Å². The number of rotatable bonds is 6. The second-order valence-electron chi connectivity index (χ2n) is 12.6. The Labute approximate surface area is 291 Å². The smallest absolute Gasteiger partial charge is 1.00 e. The molecule has 1 atom stereocenters. The average molecular weight is 719 g/mol. The Morgan fingerprint density at radius 3 is 2.09 bits per heavy atom. The van der Waals surface area contributed by atoms with Gasteiger partial charge in [-0.05, 0) is 0 Å². The third kappa shape index (κ3) is 5.43. The van der Waals surface area contributed by atoms with E-state index in [4.69, 9.17) is 0 Å². The van der Waals surface area contributed by atoms with E-state index in [9.17, 15) is 0 Å². The van der Waals surface area contributed by atoms with Gasteiger partial charge in [-0.2, -0.15) is 0 Å². The van der Waals surface area contributed by atoms with Crippen molar-refractivity contribution in [3.8, 4) is 22.3 Å². The molecule has 0 heterocycles. The van der Waals surface area contributed by atoms with Gasteiger partial charge in [-0.25, -0.2) is 0 Å². The molecule has 0 radical (unpaired) electrons. The minimum absolute atomic E-state index is 0. The molecule has 0 bridgehead atoms. The van der Waals surface area contributed by atoms with Crippen LogP contribution in [0, 0.1) is 0 Å². The maximum absolute atomic E-state index is 2.61. The Hall–Kier alpha value is -2.74. The van der Waals surface area contributed by atoms with Crippen LogP contribution in [0.5, 0.6) is 0 Å². The third-order valence-electron chi connectivity index (χ3n) is 9.50. The Morgan fingerprint density at radius 1 is 0.711 bits per heavy atom. The zero-order chi connectivity index (χ0) is 29.1. The molecule has 0 aliphatic heterocycles. The van der Waals surface area contributed by atoms with Gasteiger partial charge in [0.1, 0.15) is 0 Å². The molecule has 8 rings (SSSR count). The summed E-state index contributed by atoms with van der Waals surface area (Å²) in [6.45, 7) is 7.50. The predicted molar refractivity (Wildman–Crippen MR) is 185 cm³/mol. The molecule has 0 fully saturated rings. The Kier molecular flexibility index (Phi) is 9.43. The summed E-state index contributed by atoms with van der Waals surface area (Å²) in [6.07, 6.45) is 6.01. The first-order valence-corrected chi connectivity index (χ1v) is 24.2. The van der Waals surface area contributed by atoms with Gasteiger partial charge in [-0.3, -0.25) is 0 Å². The molecule has 0 N–H and O–H groups in total. The van der Waals surface area contributed by atoms with E-state index in [1.807, 2.05) is 0 Å². The maximum atomic E-state index is 2.61. The van der Waals surface area contributed by atoms with E-state index in [2.05, 4.69) is 135 Å². The van der Waals surface area contributed by atoms with Gasteiger partial charge in [0.15, 0.2) is 0 Å². The number of halogens is 2. The number of fused-ring (bicyclic) bond motifs is 6. The van der Waals surface area contributed by atoms with E-state index in [-0.39, 0.29) is 24.8 Å². The first kappa shape index (κ1) is 32.2. The molecule has 6 aromatic carbocycles. The largest absolute Gasteiger partial charge is 1.00 e. The Balaban J connectivity index is 0.00000179. The molecule has 0 amide bonds. The van der Waals surface area contributed by atoms with Crippen LogP contribution in [0.2, 0.25) is 13.1 Å². The molecule has 0 nitrogen and oxygen atoms in total. The number of allylic oxidation sites excluding steroid dienone is 1. The molecule has 2 aliphatic rings. The van der Waals surface area contributed by atoms with E-state index < -0.39 is 28.3 Å². The quantitative estimate of drug-likeness (QED) is 0.178. The molecule has 6 aromatic rings. The predicted octanol–water partition coefficient (Wildman–Crippen LogP) is 4.26. The summed E-state index contributed by atoms with van der Waals surface area (Å²) >= 11 is -0.628. The van der Waals surface area contributed by atoms with Crippen molar-refractivity contribution in [3.63, 3.8) is 0 Å². The van der Waals surface area contributed by atoms with Crippen molar-refractivity contribution in [3.05, 3.63) is 143 Å². The van der Waals surface area contributed by atoms with Crippen molar-refractivity contribution >= 4 is 36.8 Å². The van der Waals surface area contributed by atoms with E-state index >= 15 is 0 Å². The molecule has 4 heteroatoms. The van der Waals surface area contributed by atoms with Gasteiger partial charge in [-0.15, -0.1) is 0 Å². The fourth-order valence-corrected chi connectivity index (χ4v) is 16.1. The summed E-state index contributed by atoms with van der Waals surface area (Å²) in [5.41, 5.74) is 15.1. The standard InChI is InChI=1S/C39H29.C2H7Si.2ClH.Zr/c1-2-11-28-24-37-34(38(28)33-19-9-18-32-29-15-6-3-14-27(29)23-36(32)33)20-10-21-35(37)39-30-16-7-4-12-25(30)22-26-13-5-8-17-31(26)39;1-3-2;;;/h3-10,12-18,20-22,24,38H,2,11,23H2,1H3;3H,1-2H3;2*1H;/q;;;;+2/p-2. The Morgan fingerprint density at radius 2 is 1.38 bits per heavy atom. The monoisotopic (exact) mass is 716 g/mol. The molecule has 0 spiro atoms. The summed E-state index contributed by atoms with van der Waals surface area (Å²) in [5, 5.41) is 5.33. The summed E-state index contributed by atoms with van der Waals surface area (Å²) in [7, 11) is 0. The van der Waals surface area contributed by atoms with Gasteiger partial charge < -0.3 is 24.8 Å². The molecule has 0 aromatic heterocycles. The fraction of sp³-hybridized carbons (Fsp3) is 0.171. The van der Waals surface area contributed by atoms with Gasteiger partial charge in [0.2, 0.25) is 0 Å². The molecule has 1 unspecified atom stereocenters. The van der Waals surface area contributed by atoms with Crippen LogP contribution >= 0.6 is 0 Å². The first-order chi connectivity index (χ1) is 21.1. The van der Waals surface area contributed by atoms with E-state index in [1.165, 1.54) is 66.9 Å². The van der Waals surface area contributed by atoms with Crippen molar-refractivity contribution in [1.82, 2.24) is 0 Å². The van der Waals surface area contributed by atoms with Crippen LogP contribution in [0.3, 0.4) is 0 Å². The minimum atomic E-state index is -0.658. The molecule has 45 heavy (non-hydrogen) atoms. The van der Waals surface area contributed by atoms with Gasteiger partial charge in [0.05, 0.1) is 0 Å². The molecule has 222 valence electrons. The first-order valence-electron chi connectivity index (χ1n) is 15.9. The van der Waals surface area contributed by atoms with E-state index in [1.54, 1.807) is 20.0 Å². The minimum Gasteiger partial charge on any atom is -1.00 e. The molecule has 0 saturated carbocycles. The number of hydrogen-bond donors (Lipinski definition) is 0. The molecule has 2 aliphatic carbocycles. The van der Waals surface area contributed by atoms with Crippen molar-refractivity contribution in [1.29, 1.82) is 0 Å². The second-order valence-corrected chi connectivity index (χ2v) is 27.2. The Bertz CT molecular complexity index is 2040. The topological polar surface area (TPSA) is 0 Å².